The third-order valence-electron chi connectivity index (χ3n) is 5.17. The van der Waals surface area contributed by atoms with Gasteiger partial charge in [0.25, 0.3) is 0 Å². The van der Waals surface area contributed by atoms with Crippen molar-refractivity contribution in [2.24, 2.45) is 0 Å². The lowest BCUT2D eigenvalue weighted by molar-refractivity contribution is -0.148. The van der Waals surface area contributed by atoms with Crippen molar-refractivity contribution in [1.82, 2.24) is 10.2 Å². The van der Waals surface area contributed by atoms with Crippen LogP contribution in [0.15, 0.2) is 60.7 Å². The Morgan fingerprint density at radius 1 is 1.03 bits per heavy atom. The summed E-state index contributed by atoms with van der Waals surface area (Å²) < 4.78 is 5.54. The van der Waals surface area contributed by atoms with Crippen LogP contribution in [0, 0.1) is 0 Å². The quantitative estimate of drug-likeness (QED) is 0.619. The van der Waals surface area contributed by atoms with E-state index in [-0.39, 0.29) is 30.7 Å². The number of hydrogen-bond donors (Lipinski definition) is 2. The molecule has 1 fully saturated rings. The van der Waals surface area contributed by atoms with E-state index in [9.17, 15) is 19.5 Å². The number of carbonyl (C=O) groups is 3. The fourth-order valence-electron chi connectivity index (χ4n) is 3.62. The van der Waals surface area contributed by atoms with Crippen molar-refractivity contribution in [3.63, 3.8) is 0 Å². The molecule has 30 heavy (non-hydrogen) atoms. The van der Waals surface area contributed by atoms with Crippen LogP contribution in [0.4, 0.5) is 0 Å². The number of hydrogen-bond acceptors (Lipinski definition) is 4. The van der Waals surface area contributed by atoms with E-state index in [1.165, 1.54) is 4.90 Å². The number of carboxylic acids is 1. The summed E-state index contributed by atoms with van der Waals surface area (Å²) in [6.45, 7) is 0.529. The minimum atomic E-state index is -1.02. The molecular weight excluding hydrogens is 384 g/mol. The first-order valence-electron chi connectivity index (χ1n) is 10.1. The first-order valence-corrected chi connectivity index (χ1v) is 10.1. The van der Waals surface area contributed by atoms with Crippen LogP contribution < -0.4 is 10.1 Å². The molecule has 2 aromatic carbocycles. The third kappa shape index (κ3) is 5.83. The summed E-state index contributed by atoms with van der Waals surface area (Å²) in [7, 11) is 0. The fraction of sp³-hybridized carbons (Fsp3) is 0.348. The molecule has 0 bridgehead atoms. The number of amides is 2. The zero-order valence-electron chi connectivity index (χ0n) is 16.7. The maximum Gasteiger partial charge on any atom is 0.326 e. The van der Waals surface area contributed by atoms with Gasteiger partial charge in [-0.1, -0.05) is 48.5 Å². The van der Waals surface area contributed by atoms with Crippen molar-refractivity contribution in [1.29, 1.82) is 0 Å². The molecule has 7 nitrogen and oxygen atoms in total. The molecule has 2 aromatic rings. The Balaban J connectivity index is 1.43. The van der Waals surface area contributed by atoms with E-state index in [2.05, 4.69) is 5.32 Å². The molecule has 0 spiro atoms. The van der Waals surface area contributed by atoms with E-state index in [0.717, 1.165) is 11.3 Å². The van der Waals surface area contributed by atoms with Gasteiger partial charge >= 0.3 is 5.97 Å². The highest BCUT2D eigenvalue weighted by Crippen LogP contribution is 2.31. The molecule has 3 rings (SSSR count). The second kappa shape index (κ2) is 10.4. The molecule has 1 aliphatic heterocycles. The SMILES string of the molecule is O=C(CCCOc1ccccc1)NCC(=O)N1C[C@H](c2ccccc2)C[C@H]1C(=O)O. The van der Waals surface area contributed by atoms with Gasteiger partial charge in [-0.3, -0.25) is 9.59 Å². The molecule has 158 valence electrons. The zero-order valence-corrected chi connectivity index (χ0v) is 16.7. The smallest absolute Gasteiger partial charge is 0.326 e. The molecule has 2 N–H and O–H groups in total. The Bertz CT molecular complexity index is 856. The summed E-state index contributed by atoms with van der Waals surface area (Å²) in [5.74, 6) is -0.941. The van der Waals surface area contributed by atoms with Crippen LogP contribution in [-0.4, -0.2) is 53.5 Å². The summed E-state index contributed by atoms with van der Waals surface area (Å²) in [5, 5.41) is 12.1. The van der Waals surface area contributed by atoms with E-state index in [0.29, 0.717) is 26.0 Å². The zero-order chi connectivity index (χ0) is 21.3. The summed E-state index contributed by atoms with van der Waals surface area (Å²) in [4.78, 5) is 37.6. The maximum absolute atomic E-state index is 12.6. The van der Waals surface area contributed by atoms with E-state index in [1.54, 1.807) is 0 Å². The highest BCUT2D eigenvalue weighted by atomic mass is 16.5. The Hall–Kier alpha value is -3.35. The predicted octanol–water partition coefficient (Wildman–Crippen LogP) is 2.43. The number of carbonyl (C=O) groups excluding carboxylic acids is 2. The molecule has 0 saturated carbocycles. The summed E-state index contributed by atoms with van der Waals surface area (Å²) in [6.07, 6.45) is 1.12. The van der Waals surface area contributed by atoms with Gasteiger partial charge in [0, 0.05) is 18.9 Å². The van der Waals surface area contributed by atoms with Gasteiger partial charge in [-0.15, -0.1) is 0 Å². The fourth-order valence-corrected chi connectivity index (χ4v) is 3.62. The number of nitrogens with one attached hydrogen (secondary N) is 1. The number of likely N-dealkylation sites (tertiary alicyclic amines) is 1. The standard InChI is InChI=1S/C23H26N2O5/c26-21(12-7-13-30-19-10-5-2-6-11-19)24-15-22(27)25-16-18(14-20(25)23(28)29)17-8-3-1-4-9-17/h1-6,8-11,18,20H,7,12-16H2,(H,24,26)(H,28,29)/t18-,20+/m1/s1. The molecule has 0 aromatic heterocycles. The molecule has 1 heterocycles. The average Bonchev–Trinajstić information content (AvgIpc) is 3.22. The number of ether oxygens (including phenoxy) is 1. The van der Waals surface area contributed by atoms with E-state index >= 15 is 0 Å². The number of benzene rings is 2. The maximum atomic E-state index is 12.6. The first kappa shape index (κ1) is 21.4. The van der Waals surface area contributed by atoms with Gasteiger partial charge in [-0.05, 0) is 30.5 Å². The molecule has 0 aliphatic carbocycles. The van der Waals surface area contributed by atoms with Crippen LogP contribution in [-0.2, 0) is 14.4 Å². The van der Waals surface area contributed by atoms with Crippen molar-refractivity contribution in [2.75, 3.05) is 19.7 Å². The van der Waals surface area contributed by atoms with Crippen molar-refractivity contribution in [2.45, 2.75) is 31.2 Å². The molecule has 2 atom stereocenters. The molecule has 0 unspecified atom stereocenters. The van der Waals surface area contributed by atoms with E-state index in [4.69, 9.17) is 4.74 Å². The number of para-hydroxylation sites is 1. The van der Waals surface area contributed by atoms with Gasteiger partial charge in [0.1, 0.15) is 11.8 Å². The minimum Gasteiger partial charge on any atom is -0.494 e. The lowest BCUT2D eigenvalue weighted by atomic mass is 9.96. The van der Waals surface area contributed by atoms with Crippen molar-refractivity contribution >= 4 is 17.8 Å². The molecule has 1 aliphatic rings. The minimum absolute atomic E-state index is 0.0258. The number of carboxylic acid groups (broad SMARTS) is 1. The highest BCUT2D eigenvalue weighted by molar-refractivity contribution is 5.88. The second-order valence-electron chi connectivity index (χ2n) is 7.29. The summed E-state index contributed by atoms with van der Waals surface area (Å²) in [5.41, 5.74) is 1.02. The largest absolute Gasteiger partial charge is 0.494 e. The Morgan fingerprint density at radius 2 is 1.70 bits per heavy atom. The Kier molecular flexibility index (Phi) is 7.43. The van der Waals surface area contributed by atoms with Crippen LogP contribution in [0.25, 0.3) is 0 Å². The lowest BCUT2D eigenvalue weighted by Gasteiger charge is -2.21. The van der Waals surface area contributed by atoms with Crippen molar-refractivity contribution in [3.8, 4) is 5.75 Å². The lowest BCUT2D eigenvalue weighted by Crippen LogP contribution is -2.45. The number of rotatable bonds is 9. The normalized spacial score (nSPS) is 18.1. The van der Waals surface area contributed by atoms with Crippen LogP contribution >= 0.6 is 0 Å². The van der Waals surface area contributed by atoms with Crippen LogP contribution in [0.3, 0.4) is 0 Å². The Morgan fingerprint density at radius 3 is 2.37 bits per heavy atom. The molecule has 1 saturated heterocycles. The van der Waals surface area contributed by atoms with Gasteiger partial charge < -0.3 is 20.1 Å². The highest BCUT2D eigenvalue weighted by Gasteiger charge is 2.39. The van der Waals surface area contributed by atoms with Crippen LogP contribution in [0.1, 0.15) is 30.7 Å². The number of nitrogens with zero attached hydrogens (tertiary/aromatic N) is 1. The topological polar surface area (TPSA) is 95.9 Å². The van der Waals surface area contributed by atoms with Crippen molar-refractivity contribution < 1.29 is 24.2 Å². The van der Waals surface area contributed by atoms with E-state index in [1.807, 2.05) is 60.7 Å². The first-order chi connectivity index (χ1) is 14.5. The third-order valence-corrected chi connectivity index (χ3v) is 5.17. The number of aliphatic carboxylic acids is 1. The van der Waals surface area contributed by atoms with Gasteiger partial charge in [-0.2, -0.15) is 0 Å². The average molecular weight is 410 g/mol. The van der Waals surface area contributed by atoms with Gasteiger partial charge in [0.15, 0.2) is 0 Å². The summed E-state index contributed by atoms with van der Waals surface area (Å²) in [6, 6.07) is 18.0. The van der Waals surface area contributed by atoms with Crippen LogP contribution in [0.2, 0.25) is 0 Å². The Labute approximate surface area is 175 Å². The van der Waals surface area contributed by atoms with Gasteiger partial charge in [0.05, 0.1) is 13.2 Å². The molecular formula is C23H26N2O5. The van der Waals surface area contributed by atoms with Gasteiger partial charge in [0.2, 0.25) is 11.8 Å². The van der Waals surface area contributed by atoms with Gasteiger partial charge in [-0.25, -0.2) is 4.79 Å². The van der Waals surface area contributed by atoms with Crippen molar-refractivity contribution in [3.05, 3.63) is 66.2 Å². The van der Waals surface area contributed by atoms with E-state index < -0.39 is 12.0 Å². The molecule has 0 radical (unpaired) electrons. The molecule has 7 heteroatoms. The monoisotopic (exact) mass is 410 g/mol. The second-order valence-corrected chi connectivity index (χ2v) is 7.29. The van der Waals surface area contributed by atoms with Crippen LogP contribution in [0.5, 0.6) is 5.75 Å². The summed E-state index contributed by atoms with van der Waals surface area (Å²) >= 11 is 0. The molecule has 2 amide bonds. The predicted molar refractivity (Wildman–Crippen MR) is 111 cm³/mol.